The van der Waals surface area contributed by atoms with Gasteiger partial charge in [0, 0.05) is 67.5 Å². The molecule has 1 N–H and O–H groups in total. The highest BCUT2D eigenvalue weighted by Gasteiger charge is 2.38. The van der Waals surface area contributed by atoms with E-state index in [0.717, 1.165) is 79.8 Å². The Balaban J connectivity index is 1.03. The van der Waals surface area contributed by atoms with Crippen molar-refractivity contribution in [3.05, 3.63) is 29.3 Å². The van der Waals surface area contributed by atoms with E-state index in [-0.39, 0.29) is 34.5 Å². The van der Waals surface area contributed by atoms with Gasteiger partial charge in [-0.25, -0.2) is 8.42 Å². The fraction of sp³-hybridized carbons (Fsp3) is 0.607. The molecular weight excluding hydrogens is 586 g/mol. The maximum absolute atomic E-state index is 13.4. The Morgan fingerprint density at radius 3 is 2.49 bits per heavy atom. The summed E-state index contributed by atoms with van der Waals surface area (Å²) in [5.74, 6) is 0.0907. The number of halogens is 1. The van der Waals surface area contributed by atoms with Crippen molar-refractivity contribution in [3.8, 4) is 0 Å². The van der Waals surface area contributed by atoms with Crippen molar-refractivity contribution in [2.45, 2.75) is 54.8 Å². The molecule has 10 nitrogen and oxygen atoms in total. The minimum Gasteiger partial charge on any atom is -0.340 e. The summed E-state index contributed by atoms with van der Waals surface area (Å²) in [6.07, 6.45) is 4.89. The van der Waals surface area contributed by atoms with Gasteiger partial charge in [0.1, 0.15) is 10.3 Å². The van der Waals surface area contributed by atoms with Crippen LogP contribution in [0.1, 0.15) is 38.5 Å². The molecule has 2 unspecified atom stereocenters. The number of fused-ring (bicyclic) bond motifs is 1. The van der Waals surface area contributed by atoms with Crippen LogP contribution in [0.3, 0.4) is 0 Å². The van der Waals surface area contributed by atoms with Crippen LogP contribution in [-0.2, 0) is 24.4 Å². The second-order valence-corrected chi connectivity index (χ2v) is 15.1. The molecule has 3 aliphatic heterocycles. The predicted octanol–water partition coefficient (Wildman–Crippen LogP) is 2.37. The van der Waals surface area contributed by atoms with Gasteiger partial charge >= 0.3 is 0 Å². The van der Waals surface area contributed by atoms with Gasteiger partial charge in [0.15, 0.2) is 0 Å². The molecule has 4 aliphatic rings. The highest BCUT2D eigenvalue weighted by atomic mass is 35.5. The van der Waals surface area contributed by atoms with E-state index in [1.807, 2.05) is 9.80 Å². The average molecular weight is 622 g/mol. The van der Waals surface area contributed by atoms with Gasteiger partial charge in [-0.05, 0) is 68.2 Å². The molecule has 2 atom stereocenters. The van der Waals surface area contributed by atoms with Gasteiger partial charge in [-0.3, -0.25) is 19.3 Å². The van der Waals surface area contributed by atoms with Crippen molar-refractivity contribution in [2.24, 2.45) is 5.92 Å². The predicted molar refractivity (Wildman–Crippen MR) is 157 cm³/mol. The lowest BCUT2D eigenvalue weighted by atomic mass is 10.1. The minimum atomic E-state index is -3.92. The number of nitrogens with one attached hydrogen (secondary N) is 1. The highest BCUT2D eigenvalue weighted by Crippen LogP contribution is 2.32. The van der Waals surface area contributed by atoms with Crippen molar-refractivity contribution in [1.29, 1.82) is 0 Å². The van der Waals surface area contributed by atoms with E-state index >= 15 is 0 Å². The standard InChI is InChI=1S/C28H36ClN5O5S2/c29-21-7-8-24-20(15-21)16-26(40-24)41(38,39)30-23-4-2-9-33(28(23)37)18-25(35)34-10-1-3-22(34)17-31-11-13-32(14-12-31)27(36)19-5-6-19/h7-8,15-16,19,22-23,30H,1-6,9-14,17-18H2. The van der Waals surface area contributed by atoms with Gasteiger partial charge < -0.3 is 14.7 Å². The highest BCUT2D eigenvalue weighted by molar-refractivity contribution is 7.91. The molecule has 1 aliphatic carbocycles. The van der Waals surface area contributed by atoms with Crippen LogP contribution in [0.5, 0.6) is 0 Å². The molecule has 3 amide bonds. The number of rotatable bonds is 8. The number of piperazine rings is 1. The maximum atomic E-state index is 13.4. The van der Waals surface area contributed by atoms with Gasteiger partial charge in [-0.2, -0.15) is 4.72 Å². The van der Waals surface area contributed by atoms with Crippen LogP contribution in [0.2, 0.25) is 5.02 Å². The molecule has 6 rings (SSSR count). The minimum absolute atomic E-state index is 0.0430. The zero-order valence-electron chi connectivity index (χ0n) is 23.0. The summed E-state index contributed by atoms with van der Waals surface area (Å²) in [6, 6.07) is 5.96. The number of hydrogen-bond donors (Lipinski definition) is 1. The van der Waals surface area contributed by atoms with Crippen molar-refractivity contribution >= 4 is 60.8 Å². The maximum Gasteiger partial charge on any atom is 0.250 e. The van der Waals surface area contributed by atoms with Crippen LogP contribution < -0.4 is 4.72 Å². The molecule has 41 heavy (non-hydrogen) atoms. The molecule has 13 heteroatoms. The van der Waals surface area contributed by atoms with Crippen LogP contribution in [-0.4, -0.2) is 110 Å². The van der Waals surface area contributed by atoms with E-state index in [1.54, 1.807) is 24.3 Å². The summed E-state index contributed by atoms with van der Waals surface area (Å²) < 4.78 is 29.8. The van der Waals surface area contributed by atoms with Gasteiger partial charge in [0.25, 0.3) is 10.0 Å². The number of sulfonamides is 1. The van der Waals surface area contributed by atoms with E-state index in [9.17, 15) is 22.8 Å². The molecule has 1 aromatic carbocycles. The third kappa shape index (κ3) is 6.41. The van der Waals surface area contributed by atoms with Crippen LogP contribution in [0.15, 0.2) is 28.5 Å². The van der Waals surface area contributed by atoms with E-state index in [4.69, 9.17) is 11.6 Å². The number of hydrogen-bond acceptors (Lipinski definition) is 7. The summed E-state index contributed by atoms with van der Waals surface area (Å²) in [7, 11) is -3.92. The van der Waals surface area contributed by atoms with Gasteiger partial charge in [-0.15, -0.1) is 11.3 Å². The van der Waals surface area contributed by atoms with Crippen LogP contribution >= 0.6 is 22.9 Å². The third-order valence-electron chi connectivity index (χ3n) is 8.65. The second kappa shape index (κ2) is 11.8. The number of benzene rings is 1. The van der Waals surface area contributed by atoms with Crippen molar-refractivity contribution in [1.82, 2.24) is 24.3 Å². The van der Waals surface area contributed by atoms with Crippen molar-refractivity contribution in [3.63, 3.8) is 0 Å². The molecule has 3 saturated heterocycles. The van der Waals surface area contributed by atoms with E-state index in [1.165, 1.54) is 4.90 Å². The molecule has 1 saturated carbocycles. The molecule has 222 valence electrons. The fourth-order valence-corrected chi connectivity index (χ4v) is 9.02. The number of carbonyl (C=O) groups excluding carboxylic acids is 3. The normalized spacial score (nSPS) is 24.4. The SMILES string of the molecule is O=C(C1CC1)N1CCN(CC2CCCN2C(=O)CN2CCCC(NS(=O)(=O)c3cc4cc(Cl)ccc4s3)C2=O)CC1. The monoisotopic (exact) mass is 621 g/mol. The Hall–Kier alpha value is -2.25. The number of likely N-dealkylation sites (tertiary alicyclic amines) is 2. The van der Waals surface area contributed by atoms with E-state index < -0.39 is 16.1 Å². The van der Waals surface area contributed by atoms with Gasteiger partial charge in [0.2, 0.25) is 17.7 Å². The molecule has 0 spiro atoms. The Morgan fingerprint density at radius 2 is 1.73 bits per heavy atom. The number of piperidine rings is 1. The molecule has 4 heterocycles. The molecule has 0 radical (unpaired) electrons. The number of carbonyl (C=O) groups is 3. The van der Waals surface area contributed by atoms with Gasteiger partial charge in [0.05, 0.1) is 6.54 Å². The summed E-state index contributed by atoms with van der Waals surface area (Å²) in [5, 5.41) is 1.26. The topological polar surface area (TPSA) is 110 Å². The molecule has 1 aromatic heterocycles. The van der Waals surface area contributed by atoms with Crippen molar-refractivity contribution < 1.29 is 22.8 Å². The van der Waals surface area contributed by atoms with Crippen LogP contribution in [0.4, 0.5) is 0 Å². The molecular formula is C28H36ClN5O5S2. The summed E-state index contributed by atoms with van der Waals surface area (Å²) in [5.41, 5.74) is 0. The number of nitrogens with zero attached hydrogens (tertiary/aromatic N) is 4. The lowest BCUT2D eigenvalue weighted by Crippen LogP contribution is -2.56. The smallest absolute Gasteiger partial charge is 0.250 e. The number of thiophene rings is 1. The lowest BCUT2D eigenvalue weighted by Gasteiger charge is -2.38. The summed E-state index contributed by atoms with van der Waals surface area (Å²) >= 11 is 7.18. The third-order valence-corrected chi connectivity index (χ3v) is 11.9. The zero-order chi connectivity index (χ0) is 28.7. The van der Waals surface area contributed by atoms with E-state index in [0.29, 0.717) is 36.9 Å². The molecule has 0 bridgehead atoms. The quantitative estimate of drug-likeness (QED) is 0.485. The summed E-state index contributed by atoms with van der Waals surface area (Å²) in [6.45, 7) is 4.94. The van der Waals surface area contributed by atoms with Crippen LogP contribution in [0, 0.1) is 5.92 Å². The zero-order valence-corrected chi connectivity index (χ0v) is 25.4. The Bertz CT molecular complexity index is 1440. The Labute approximate surface area is 249 Å². The molecule has 4 fully saturated rings. The first-order valence-corrected chi connectivity index (χ1v) is 17.2. The first kappa shape index (κ1) is 28.9. The lowest BCUT2D eigenvalue weighted by molar-refractivity contribution is -0.143. The largest absolute Gasteiger partial charge is 0.340 e. The van der Waals surface area contributed by atoms with Crippen LogP contribution in [0.25, 0.3) is 10.1 Å². The first-order valence-electron chi connectivity index (χ1n) is 14.5. The molecule has 2 aromatic rings. The Kier molecular flexibility index (Phi) is 8.30. The number of amides is 3. The Morgan fingerprint density at radius 1 is 0.976 bits per heavy atom. The van der Waals surface area contributed by atoms with E-state index in [2.05, 4.69) is 9.62 Å². The van der Waals surface area contributed by atoms with Gasteiger partial charge in [-0.1, -0.05) is 11.6 Å². The summed E-state index contributed by atoms with van der Waals surface area (Å²) in [4.78, 5) is 46.8. The fourth-order valence-electron chi connectivity index (χ4n) is 6.22. The van der Waals surface area contributed by atoms with Crippen molar-refractivity contribution in [2.75, 3.05) is 52.4 Å². The average Bonchev–Trinajstić information content (AvgIpc) is 3.54. The first-order chi connectivity index (χ1) is 19.7. The second-order valence-electron chi connectivity index (χ2n) is 11.6.